The maximum absolute atomic E-state index is 5.81. The summed E-state index contributed by atoms with van der Waals surface area (Å²) in [4.78, 5) is 4.28. The van der Waals surface area contributed by atoms with Crippen molar-refractivity contribution in [2.45, 2.75) is 19.8 Å². The number of nitrogen functional groups attached to an aromatic ring is 1. The van der Waals surface area contributed by atoms with Crippen molar-refractivity contribution in [3.8, 4) is 11.6 Å². The van der Waals surface area contributed by atoms with Crippen LogP contribution < -0.4 is 10.5 Å². The SMILES string of the molecule is CC(C)c1cc2c(Oc3cccc(N)c3)nccn2n1. The summed E-state index contributed by atoms with van der Waals surface area (Å²) in [5, 5.41) is 4.50. The first-order chi connectivity index (χ1) is 9.63. The molecule has 0 aliphatic rings. The molecule has 0 unspecified atom stereocenters. The topological polar surface area (TPSA) is 65.4 Å². The first kappa shape index (κ1) is 12.5. The summed E-state index contributed by atoms with van der Waals surface area (Å²) in [5.41, 5.74) is 8.26. The second kappa shape index (κ2) is 4.85. The molecule has 0 spiro atoms. The lowest BCUT2D eigenvalue weighted by Gasteiger charge is -2.06. The fraction of sp³-hybridized carbons (Fsp3) is 0.200. The summed E-state index contributed by atoms with van der Waals surface area (Å²) in [6.07, 6.45) is 3.49. The number of rotatable bonds is 3. The minimum absolute atomic E-state index is 0.357. The molecule has 20 heavy (non-hydrogen) atoms. The molecular weight excluding hydrogens is 252 g/mol. The molecule has 102 valence electrons. The molecule has 0 fully saturated rings. The molecule has 3 rings (SSSR count). The van der Waals surface area contributed by atoms with Crippen LogP contribution in [-0.4, -0.2) is 14.6 Å². The number of fused-ring (bicyclic) bond motifs is 1. The summed E-state index contributed by atoms with van der Waals surface area (Å²) in [6.45, 7) is 4.21. The summed E-state index contributed by atoms with van der Waals surface area (Å²) in [7, 11) is 0. The molecule has 0 aliphatic heterocycles. The third kappa shape index (κ3) is 2.30. The molecule has 0 radical (unpaired) electrons. The number of ether oxygens (including phenoxy) is 1. The third-order valence-electron chi connectivity index (χ3n) is 3.04. The Morgan fingerprint density at radius 1 is 1.25 bits per heavy atom. The average Bonchev–Trinajstić information content (AvgIpc) is 2.84. The van der Waals surface area contributed by atoms with E-state index in [4.69, 9.17) is 10.5 Å². The largest absolute Gasteiger partial charge is 0.437 e. The average molecular weight is 268 g/mol. The van der Waals surface area contributed by atoms with Crippen LogP contribution in [-0.2, 0) is 0 Å². The number of hydrogen-bond donors (Lipinski definition) is 1. The van der Waals surface area contributed by atoms with Crippen LogP contribution in [0.3, 0.4) is 0 Å². The quantitative estimate of drug-likeness (QED) is 0.741. The zero-order valence-electron chi connectivity index (χ0n) is 11.4. The van der Waals surface area contributed by atoms with Crippen molar-refractivity contribution in [2.75, 3.05) is 5.73 Å². The highest BCUT2D eigenvalue weighted by Crippen LogP contribution is 2.26. The van der Waals surface area contributed by atoms with Gasteiger partial charge in [0.25, 0.3) is 0 Å². The van der Waals surface area contributed by atoms with E-state index in [0.29, 0.717) is 23.2 Å². The van der Waals surface area contributed by atoms with Gasteiger partial charge < -0.3 is 10.5 Å². The molecule has 2 N–H and O–H groups in total. The predicted octanol–water partition coefficient (Wildman–Crippen LogP) is 3.23. The van der Waals surface area contributed by atoms with E-state index in [9.17, 15) is 0 Å². The van der Waals surface area contributed by atoms with Crippen molar-refractivity contribution in [1.82, 2.24) is 14.6 Å². The minimum Gasteiger partial charge on any atom is -0.437 e. The lowest BCUT2D eigenvalue weighted by molar-refractivity contribution is 0.466. The van der Waals surface area contributed by atoms with E-state index in [-0.39, 0.29) is 0 Å². The number of aromatic nitrogens is 3. The van der Waals surface area contributed by atoms with Gasteiger partial charge in [0.15, 0.2) is 0 Å². The van der Waals surface area contributed by atoms with E-state index in [1.165, 1.54) is 0 Å². The maximum atomic E-state index is 5.81. The smallest absolute Gasteiger partial charge is 0.245 e. The minimum atomic E-state index is 0.357. The molecule has 1 aromatic carbocycles. The van der Waals surface area contributed by atoms with Crippen molar-refractivity contribution in [1.29, 1.82) is 0 Å². The van der Waals surface area contributed by atoms with Crippen molar-refractivity contribution in [2.24, 2.45) is 0 Å². The number of hydrogen-bond acceptors (Lipinski definition) is 4. The van der Waals surface area contributed by atoms with Crippen LogP contribution in [0.2, 0.25) is 0 Å². The first-order valence-electron chi connectivity index (χ1n) is 6.51. The molecule has 3 aromatic rings. The summed E-state index contributed by atoms with van der Waals surface area (Å²) >= 11 is 0. The van der Waals surface area contributed by atoms with Crippen molar-refractivity contribution in [3.63, 3.8) is 0 Å². The predicted molar refractivity (Wildman–Crippen MR) is 78.0 cm³/mol. The fourth-order valence-corrected chi connectivity index (χ4v) is 1.97. The molecule has 2 aromatic heterocycles. The van der Waals surface area contributed by atoms with E-state index in [0.717, 1.165) is 11.2 Å². The van der Waals surface area contributed by atoms with Gasteiger partial charge >= 0.3 is 0 Å². The Kier molecular flexibility index (Phi) is 3.02. The van der Waals surface area contributed by atoms with Gasteiger partial charge in [0.2, 0.25) is 5.88 Å². The zero-order chi connectivity index (χ0) is 14.1. The standard InChI is InChI=1S/C15H16N4O/c1-10(2)13-9-14-15(17-6-7-19(14)18-13)20-12-5-3-4-11(16)8-12/h3-10H,16H2,1-2H3. The van der Waals surface area contributed by atoms with E-state index in [2.05, 4.69) is 23.9 Å². The van der Waals surface area contributed by atoms with Gasteiger partial charge in [-0.3, -0.25) is 0 Å². The lowest BCUT2D eigenvalue weighted by Crippen LogP contribution is -1.94. The molecular formula is C15H16N4O. The van der Waals surface area contributed by atoms with E-state index in [1.807, 2.05) is 30.5 Å². The second-order valence-corrected chi connectivity index (χ2v) is 4.96. The van der Waals surface area contributed by atoms with Crippen molar-refractivity contribution in [3.05, 3.63) is 48.4 Å². The molecule has 0 saturated carbocycles. The van der Waals surface area contributed by atoms with Gasteiger partial charge in [0, 0.05) is 24.1 Å². The Morgan fingerprint density at radius 3 is 2.85 bits per heavy atom. The van der Waals surface area contributed by atoms with Gasteiger partial charge in [0.05, 0.1) is 5.69 Å². The summed E-state index contributed by atoms with van der Waals surface area (Å²) in [5.74, 6) is 1.55. The van der Waals surface area contributed by atoms with Gasteiger partial charge in [-0.1, -0.05) is 19.9 Å². The van der Waals surface area contributed by atoms with Crippen molar-refractivity contribution < 1.29 is 4.74 Å². The lowest BCUT2D eigenvalue weighted by atomic mass is 10.1. The highest BCUT2D eigenvalue weighted by Gasteiger charge is 2.11. The molecule has 0 saturated heterocycles. The Hall–Kier alpha value is -2.56. The Morgan fingerprint density at radius 2 is 2.10 bits per heavy atom. The summed E-state index contributed by atoms with van der Waals surface area (Å²) in [6, 6.07) is 9.28. The number of nitrogens with zero attached hydrogens (tertiary/aromatic N) is 3. The molecule has 5 nitrogen and oxygen atoms in total. The van der Waals surface area contributed by atoms with Crippen LogP contribution in [0.25, 0.3) is 5.52 Å². The Labute approximate surface area is 117 Å². The third-order valence-corrected chi connectivity index (χ3v) is 3.04. The van der Waals surface area contributed by atoms with Crippen LogP contribution >= 0.6 is 0 Å². The van der Waals surface area contributed by atoms with Crippen LogP contribution in [0.1, 0.15) is 25.5 Å². The fourth-order valence-electron chi connectivity index (χ4n) is 1.97. The molecule has 0 bridgehead atoms. The van der Waals surface area contributed by atoms with Gasteiger partial charge in [-0.15, -0.1) is 0 Å². The molecule has 0 aliphatic carbocycles. The maximum Gasteiger partial charge on any atom is 0.245 e. The number of benzene rings is 1. The second-order valence-electron chi connectivity index (χ2n) is 4.96. The van der Waals surface area contributed by atoms with Crippen LogP contribution in [0, 0.1) is 0 Å². The molecule has 2 heterocycles. The van der Waals surface area contributed by atoms with Crippen LogP contribution in [0.15, 0.2) is 42.7 Å². The normalized spacial score (nSPS) is 11.2. The van der Waals surface area contributed by atoms with Gasteiger partial charge in [-0.2, -0.15) is 5.10 Å². The van der Waals surface area contributed by atoms with E-state index in [1.54, 1.807) is 16.8 Å². The Balaban J connectivity index is 2.03. The number of anilines is 1. The van der Waals surface area contributed by atoms with Crippen LogP contribution in [0.5, 0.6) is 11.6 Å². The first-order valence-corrected chi connectivity index (χ1v) is 6.51. The highest BCUT2D eigenvalue weighted by atomic mass is 16.5. The van der Waals surface area contributed by atoms with Crippen molar-refractivity contribution >= 4 is 11.2 Å². The van der Waals surface area contributed by atoms with E-state index >= 15 is 0 Å². The molecule has 5 heteroatoms. The molecule has 0 atom stereocenters. The highest BCUT2D eigenvalue weighted by molar-refractivity contribution is 5.58. The Bertz CT molecular complexity index is 748. The van der Waals surface area contributed by atoms with Gasteiger partial charge in [0.1, 0.15) is 11.3 Å². The summed E-state index contributed by atoms with van der Waals surface area (Å²) < 4.78 is 7.60. The van der Waals surface area contributed by atoms with Gasteiger partial charge in [-0.25, -0.2) is 9.50 Å². The van der Waals surface area contributed by atoms with Gasteiger partial charge in [-0.05, 0) is 24.1 Å². The number of nitrogens with two attached hydrogens (primary N) is 1. The zero-order valence-corrected chi connectivity index (χ0v) is 11.4. The monoisotopic (exact) mass is 268 g/mol. The van der Waals surface area contributed by atoms with E-state index < -0.39 is 0 Å². The molecule has 0 amide bonds. The van der Waals surface area contributed by atoms with Crippen LogP contribution in [0.4, 0.5) is 5.69 Å².